The molecule has 0 aromatic heterocycles. The largest absolute Gasteiger partial charge is 0.198 e. The fourth-order valence-corrected chi connectivity index (χ4v) is 0.733. The summed E-state index contributed by atoms with van der Waals surface area (Å²) in [6.45, 7) is 1.61. The van der Waals surface area contributed by atoms with E-state index >= 15 is 0 Å². The normalized spacial score (nSPS) is 8.00. The third-order valence-corrected chi connectivity index (χ3v) is 1.35. The highest BCUT2D eigenvalue weighted by Gasteiger charge is 1.87. The monoisotopic (exact) mass is 127 g/mol. The fraction of sp³-hybridized carbons (Fsp3) is 0.600. The van der Waals surface area contributed by atoms with Crippen molar-refractivity contribution in [1.29, 1.82) is 5.26 Å². The molecule has 0 fully saturated rings. The van der Waals surface area contributed by atoms with Crippen molar-refractivity contribution in [3.8, 4) is 6.07 Å². The summed E-state index contributed by atoms with van der Waals surface area (Å²) < 4.78 is 0. The van der Waals surface area contributed by atoms with Gasteiger partial charge in [-0.2, -0.15) is 5.26 Å². The summed E-state index contributed by atoms with van der Waals surface area (Å²) in [5.41, 5.74) is 0. The predicted molar refractivity (Wildman–Crippen MR) is 35.5 cm³/mol. The minimum absolute atomic E-state index is 0.334. The van der Waals surface area contributed by atoms with Crippen LogP contribution in [0.15, 0.2) is 0 Å². The smallest absolute Gasteiger partial charge is 0.0928 e. The van der Waals surface area contributed by atoms with E-state index < -0.39 is 0 Å². The highest BCUT2D eigenvalue weighted by molar-refractivity contribution is 8.13. The Morgan fingerprint density at radius 2 is 2.38 bits per heavy atom. The van der Waals surface area contributed by atoms with Gasteiger partial charge in [0.2, 0.25) is 0 Å². The molecule has 0 heterocycles. The molecular weight excluding hydrogens is 120 g/mol. The van der Waals surface area contributed by atoms with E-state index in [-0.39, 0.29) is 0 Å². The Hall–Kier alpha value is -0.490. The first-order chi connectivity index (χ1) is 3.77. The predicted octanol–water partition coefficient (Wildman–Crippen LogP) is 0.852. The van der Waals surface area contributed by atoms with Crippen molar-refractivity contribution in [3.63, 3.8) is 0 Å². The van der Waals surface area contributed by atoms with Crippen LogP contribution in [0.4, 0.5) is 0 Å². The van der Waals surface area contributed by atoms with E-state index in [1.807, 2.05) is 6.07 Å². The fourth-order valence-electron chi connectivity index (χ4n) is 0.244. The molecule has 0 rings (SSSR count). The van der Waals surface area contributed by atoms with E-state index in [1.165, 1.54) is 11.8 Å². The second-order valence-corrected chi connectivity index (χ2v) is 2.56. The van der Waals surface area contributed by atoms with Gasteiger partial charge in [0.25, 0.3) is 0 Å². The molecule has 0 saturated heterocycles. The van der Waals surface area contributed by atoms with Crippen LogP contribution in [-0.2, 0) is 0 Å². The third-order valence-electron chi connectivity index (χ3n) is 0.525. The zero-order valence-corrected chi connectivity index (χ0v) is 5.53. The van der Waals surface area contributed by atoms with E-state index in [9.17, 15) is 0 Å². The number of rotatable bonds is 2. The molecule has 3 heteroatoms. The van der Waals surface area contributed by atoms with Gasteiger partial charge >= 0.3 is 0 Å². The van der Waals surface area contributed by atoms with Crippen LogP contribution in [0.1, 0.15) is 13.3 Å². The van der Waals surface area contributed by atoms with Crippen molar-refractivity contribution < 1.29 is 0 Å². The number of nitrogens with zero attached hydrogens (tertiary/aromatic N) is 2. The lowest BCUT2D eigenvalue weighted by molar-refractivity contribution is 1.24. The van der Waals surface area contributed by atoms with Gasteiger partial charge in [0, 0.05) is 12.2 Å². The summed E-state index contributed by atoms with van der Waals surface area (Å²) in [7, 11) is 0. The van der Waals surface area contributed by atoms with Gasteiger partial charge in [-0.25, -0.2) is 0 Å². The second-order valence-electron chi connectivity index (χ2n) is 1.28. The third kappa shape index (κ3) is 5.51. The molecular formula is C5H7N2S. The Morgan fingerprint density at radius 3 is 2.75 bits per heavy atom. The van der Waals surface area contributed by atoms with Crippen LogP contribution in [0.3, 0.4) is 0 Å². The van der Waals surface area contributed by atoms with Crippen LogP contribution in [-0.4, -0.2) is 10.8 Å². The Morgan fingerprint density at radius 1 is 1.75 bits per heavy atom. The quantitative estimate of drug-likeness (QED) is 0.313. The van der Waals surface area contributed by atoms with E-state index in [1.54, 1.807) is 6.92 Å². The SMILES string of the molecule is CC(=[N])SCCC#N. The molecule has 0 saturated carbocycles. The van der Waals surface area contributed by atoms with E-state index in [0.29, 0.717) is 17.2 Å². The molecule has 0 N–H and O–H groups in total. The van der Waals surface area contributed by atoms with Gasteiger partial charge in [-0.1, -0.05) is 0 Å². The van der Waals surface area contributed by atoms with Gasteiger partial charge in [0.05, 0.1) is 11.1 Å². The topological polar surface area (TPSA) is 46.1 Å². The van der Waals surface area contributed by atoms with Crippen molar-refractivity contribution >= 4 is 16.8 Å². The maximum atomic E-state index is 8.55. The lowest BCUT2D eigenvalue weighted by Crippen LogP contribution is -1.85. The molecule has 0 unspecified atom stereocenters. The van der Waals surface area contributed by atoms with E-state index in [0.717, 1.165) is 0 Å². The minimum atomic E-state index is 0.334. The molecule has 2 nitrogen and oxygen atoms in total. The number of hydrogen-bond acceptors (Lipinski definition) is 2. The van der Waals surface area contributed by atoms with Gasteiger partial charge < -0.3 is 0 Å². The summed E-state index contributed by atoms with van der Waals surface area (Å²) in [4.78, 5) is 0. The molecule has 0 atom stereocenters. The lowest BCUT2D eigenvalue weighted by atomic mass is 10.6. The van der Waals surface area contributed by atoms with Crippen LogP contribution in [0.25, 0.3) is 0 Å². The molecule has 0 aliphatic heterocycles. The summed E-state index contributed by atoms with van der Waals surface area (Å²) in [6, 6.07) is 1.98. The Labute approximate surface area is 53.4 Å². The molecule has 0 aromatic rings. The van der Waals surface area contributed by atoms with Gasteiger partial charge in [-0.05, 0) is 6.92 Å². The average Bonchev–Trinajstić information content (AvgIpc) is 1.66. The number of thioether (sulfide) groups is 1. The van der Waals surface area contributed by atoms with Crippen LogP contribution in [0, 0.1) is 11.3 Å². The maximum Gasteiger partial charge on any atom is 0.0928 e. The van der Waals surface area contributed by atoms with Crippen LogP contribution >= 0.6 is 11.8 Å². The number of nitriles is 1. The summed E-state index contributed by atoms with van der Waals surface area (Å²) >= 11 is 1.31. The molecule has 0 spiro atoms. The van der Waals surface area contributed by atoms with Gasteiger partial charge in [0.15, 0.2) is 0 Å². The summed E-state index contributed by atoms with van der Waals surface area (Å²) in [6.07, 6.45) is 0.503. The van der Waals surface area contributed by atoms with Crippen molar-refractivity contribution in [1.82, 2.24) is 5.41 Å². The van der Waals surface area contributed by atoms with Gasteiger partial charge in [-0.3, -0.25) is 0 Å². The van der Waals surface area contributed by atoms with Crippen molar-refractivity contribution in [2.45, 2.75) is 13.3 Å². The first-order valence-corrected chi connectivity index (χ1v) is 3.28. The van der Waals surface area contributed by atoms with Crippen molar-refractivity contribution in [2.24, 2.45) is 0 Å². The first kappa shape index (κ1) is 7.51. The molecule has 0 amide bonds. The standard InChI is InChI=1S/C5H7N2S/c1-5(7)8-4-2-3-6/h2,4H2,1H3. The maximum absolute atomic E-state index is 8.55. The molecule has 0 aliphatic carbocycles. The first-order valence-electron chi connectivity index (χ1n) is 2.29. The lowest BCUT2D eigenvalue weighted by Gasteiger charge is -1.87. The molecule has 8 heavy (non-hydrogen) atoms. The highest BCUT2D eigenvalue weighted by atomic mass is 32.2. The van der Waals surface area contributed by atoms with E-state index in [2.05, 4.69) is 0 Å². The second kappa shape index (κ2) is 4.66. The highest BCUT2D eigenvalue weighted by Crippen LogP contribution is 2.00. The van der Waals surface area contributed by atoms with E-state index in [4.69, 9.17) is 10.7 Å². The summed E-state index contributed by atoms with van der Waals surface area (Å²) in [5.74, 6) is 0.693. The summed E-state index contributed by atoms with van der Waals surface area (Å²) in [5, 5.41) is 16.9. The average molecular weight is 127 g/mol. The molecule has 1 radical (unpaired) electrons. The van der Waals surface area contributed by atoms with Crippen molar-refractivity contribution in [2.75, 3.05) is 5.75 Å². The number of hydrogen-bond donors (Lipinski definition) is 0. The minimum Gasteiger partial charge on any atom is -0.198 e. The molecule has 0 aromatic carbocycles. The van der Waals surface area contributed by atoms with Crippen LogP contribution < -0.4 is 5.41 Å². The van der Waals surface area contributed by atoms with Crippen LogP contribution in [0.5, 0.6) is 0 Å². The molecule has 0 bridgehead atoms. The van der Waals surface area contributed by atoms with Crippen molar-refractivity contribution in [3.05, 3.63) is 0 Å². The van der Waals surface area contributed by atoms with Gasteiger partial charge in [-0.15, -0.1) is 17.2 Å². The zero-order valence-electron chi connectivity index (χ0n) is 4.72. The van der Waals surface area contributed by atoms with Gasteiger partial charge in [0.1, 0.15) is 0 Å². The van der Waals surface area contributed by atoms with Crippen LogP contribution in [0.2, 0.25) is 0 Å². The Bertz CT molecular complexity index is 114. The Balaban J connectivity index is 2.97. The molecule has 43 valence electrons. The zero-order chi connectivity index (χ0) is 6.41. The molecule has 0 aliphatic rings. The Kier molecular flexibility index (Phi) is 4.38.